The fraction of sp³-hybridized carbons (Fsp3) is 0.0588. The molecule has 0 saturated carbocycles. The Balaban J connectivity index is 1.73. The number of nitro groups is 1. The molecule has 1 saturated heterocycles. The highest BCUT2D eigenvalue weighted by Crippen LogP contribution is 2.41. The second-order valence-electron chi connectivity index (χ2n) is 5.55. The monoisotopic (exact) mass is 387 g/mol. The van der Waals surface area contributed by atoms with Crippen LogP contribution in [0, 0.1) is 21.3 Å². The topological polar surface area (TPSA) is 106 Å². The number of nitrogens with one attached hydrogen (secondary N) is 1. The Morgan fingerprint density at radius 3 is 2.56 bits per heavy atom. The van der Waals surface area contributed by atoms with Gasteiger partial charge in [-0.1, -0.05) is 0 Å². The quantitative estimate of drug-likeness (QED) is 0.491. The van der Waals surface area contributed by atoms with Crippen molar-refractivity contribution in [3.63, 3.8) is 0 Å². The summed E-state index contributed by atoms with van der Waals surface area (Å²) in [5.74, 6) is -0.386. The molecule has 2 aliphatic rings. The molecule has 1 amide bonds. The molecule has 0 atom stereocenters. The van der Waals surface area contributed by atoms with Crippen molar-refractivity contribution < 1.29 is 23.6 Å². The summed E-state index contributed by atoms with van der Waals surface area (Å²) in [4.78, 5) is 24.7. The van der Waals surface area contributed by atoms with E-state index < -0.39 is 16.6 Å². The Kier molecular flexibility index (Phi) is 4.04. The lowest BCUT2D eigenvalue weighted by atomic mass is 10.1. The summed E-state index contributed by atoms with van der Waals surface area (Å²) in [7, 11) is 0. The number of halogens is 1. The number of anilines is 1. The lowest BCUT2D eigenvalue weighted by Gasteiger charge is -2.13. The van der Waals surface area contributed by atoms with E-state index in [2.05, 4.69) is 0 Å². The average molecular weight is 387 g/mol. The summed E-state index contributed by atoms with van der Waals surface area (Å²) in [6.07, 6.45) is 1.34. The van der Waals surface area contributed by atoms with E-state index in [0.717, 1.165) is 16.7 Å². The van der Waals surface area contributed by atoms with E-state index in [1.54, 1.807) is 0 Å². The number of ether oxygens (including phenoxy) is 2. The number of carbonyl (C=O) groups excluding carboxylic acids is 1. The first kappa shape index (κ1) is 17.0. The summed E-state index contributed by atoms with van der Waals surface area (Å²) >= 11 is 0.862. The predicted octanol–water partition coefficient (Wildman–Crippen LogP) is 3.52. The molecule has 0 unspecified atom stereocenters. The van der Waals surface area contributed by atoms with Crippen molar-refractivity contribution in [2.24, 2.45) is 0 Å². The van der Waals surface area contributed by atoms with E-state index in [1.807, 2.05) is 0 Å². The zero-order chi connectivity index (χ0) is 19.1. The molecule has 1 fully saturated rings. The molecule has 0 aliphatic carbocycles. The highest BCUT2D eigenvalue weighted by molar-refractivity contribution is 8.19. The summed E-state index contributed by atoms with van der Waals surface area (Å²) in [5.41, 5.74) is 0.253. The third-order valence-electron chi connectivity index (χ3n) is 3.91. The fourth-order valence-corrected chi connectivity index (χ4v) is 3.53. The number of benzene rings is 2. The first-order valence-electron chi connectivity index (χ1n) is 7.60. The van der Waals surface area contributed by atoms with E-state index in [0.29, 0.717) is 11.4 Å². The van der Waals surface area contributed by atoms with Crippen LogP contribution in [0.15, 0.2) is 41.3 Å². The molecular weight excluding hydrogens is 377 g/mol. The van der Waals surface area contributed by atoms with Crippen LogP contribution in [0.3, 0.4) is 0 Å². The van der Waals surface area contributed by atoms with Gasteiger partial charge in [-0.15, -0.1) is 0 Å². The Hall–Kier alpha value is -3.40. The molecule has 2 aliphatic heterocycles. The molecule has 1 N–H and O–H groups in total. The van der Waals surface area contributed by atoms with Gasteiger partial charge in [0.2, 0.25) is 6.79 Å². The predicted molar refractivity (Wildman–Crippen MR) is 96.4 cm³/mol. The van der Waals surface area contributed by atoms with Crippen molar-refractivity contribution in [1.29, 1.82) is 5.41 Å². The van der Waals surface area contributed by atoms with Crippen LogP contribution in [0.4, 0.5) is 15.8 Å². The number of nitrogens with zero attached hydrogens (tertiary/aromatic N) is 2. The molecule has 0 aromatic heterocycles. The van der Waals surface area contributed by atoms with Crippen LogP contribution in [-0.2, 0) is 4.79 Å². The van der Waals surface area contributed by atoms with Crippen molar-refractivity contribution in [2.45, 2.75) is 0 Å². The smallest absolute Gasteiger partial charge is 0.280 e. The van der Waals surface area contributed by atoms with Gasteiger partial charge in [-0.3, -0.25) is 25.2 Å². The number of nitro benzene ring substituents is 1. The Morgan fingerprint density at radius 2 is 1.89 bits per heavy atom. The Bertz CT molecular complexity index is 1020. The van der Waals surface area contributed by atoms with Gasteiger partial charge in [-0.05, 0) is 48.2 Å². The van der Waals surface area contributed by atoms with E-state index in [-0.39, 0.29) is 33.9 Å². The minimum absolute atomic E-state index is 0.0385. The van der Waals surface area contributed by atoms with Crippen LogP contribution in [0.5, 0.6) is 11.5 Å². The van der Waals surface area contributed by atoms with Crippen LogP contribution in [0.25, 0.3) is 6.08 Å². The van der Waals surface area contributed by atoms with Crippen molar-refractivity contribution in [2.75, 3.05) is 11.7 Å². The van der Waals surface area contributed by atoms with Gasteiger partial charge in [0.15, 0.2) is 16.7 Å². The molecule has 2 heterocycles. The van der Waals surface area contributed by atoms with Gasteiger partial charge >= 0.3 is 0 Å². The summed E-state index contributed by atoms with van der Waals surface area (Å²) in [6.45, 7) is -0.0385. The number of hydrogen-bond acceptors (Lipinski definition) is 7. The van der Waals surface area contributed by atoms with E-state index in [4.69, 9.17) is 14.9 Å². The third kappa shape index (κ3) is 2.99. The maximum atomic E-state index is 13.1. The second-order valence-corrected chi connectivity index (χ2v) is 6.58. The molecule has 4 rings (SSSR count). The largest absolute Gasteiger partial charge is 0.454 e. The van der Waals surface area contributed by atoms with Crippen LogP contribution in [0.1, 0.15) is 5.56 Å². The number of carbonyl (C=O) groups is 1. The SMILES string of the molecule is N=C1S/C(=C\c2cc3c(cc2[N+](=O)[O-])OCO3)C(=O)N1c1ccc(F)cc1. The summed E-state index contributed by atoms with van der Waals surface area (Å²) < 4.78 is 23.5. The summed E-state index contributed by atoms with van der Waals surface area (Å²) in [6, 6.07) is 7.80. The number of hydrogen-bond donors (Lipinski definition) is 1. The maximum absolute atomic E-state index is 13.1. The molecule has 0 radical (unpaired) electrons. The lowest BCUT2D eigenvalue weighted by molar-refractivity contribution is -0.385. The molecule has 10 heteroatoms. The highest BCUT2D eigenvalue weighted by atomic mass is 32.2. The average Bonchev–Trinajstić information content (AvgIpc) is 3.19. The second kappa shape index (κ2) is 6.40. The minimum atomic E-state index is -0.582. The van der Waals surface area contributed by atoms with Crippen LogP contribution in [0.2, 0.25) is 0 Å². The molecule has 8 nitrogen and oxygen atoms in total. The molecule has 27 heavy (non-hydrogen) atoms. The van der Waals surface area contributed by atoms with Gasteiger partial charge in [0.1, 0.15) is 5.82 Å². The van der Waals surface area contributed by atoms with Gasteiger partial charge in [0, 0.05) is 0 Å². The molecule has 2 aromatic rings. The van der Waals surface area contributed by atoms with E-state index >= 15 is 0 Å². The lowest BCUT2D eigenvalue weighted by Crippen LogP contribution is -2.28. The molecule has 0 spiro atoms. The molecule has 0 bridgehead atoms. The number of fused-ring (bicyclic) bond motifs is 1. The first-order chi connectivity index (χ1) is 12.9. The standard InChI is InChI=1S/C17H10FN3O5S/c18-10-1-3-11(4-2-10)20-16(22)15(27-17(20)19)6-9-5-13-14(26-8-25-13)7-12(9)21(23)24/h1-7,19H,8H2/b15-6-,19-17?. The van der Waals surface area contributed by atoms with Gasteiger partial charge in [-0.25, -0.2) is 4.39 Å². The van der Waals surface area contributed by atoms with Crippen molar-refractivity contribution >= 4 is 40.3 Å². The van der Waals surface area contributed by atoms with Crippen LogP contribution < -0.4 is 14.4 Å². The van der Waals surface area contributed by atoms with Crippen molar-refractivity contribution in [3.8, 4) is 11.5 Å². The normalized spacial score (nSPS) is 17.1. The Morgan fingerprint density at radius 1 is 1.22 bits per heavy atom. The van der Waals surface area contributed by atoms with Gasteiger partial charge < -0.3 is 9.47 Å². The third-order valence-corrected chi connectivity index (χ3v) is 4.80. The zero-order valence-electron chi connectivity index (χ0n) is 13.5. The number of rotatable bonds is 3. The summed E-state index contributed by atoms with van der Waals surface area (Å²) in [5, 5.41) is 19.3. The zero-order valence-corrected chi connectivity index (χ0v) is 14.3. The highest BCUT2D eigenvalue weighted by Gasteiger charge is 2.34. The van der Waals surface area contributed by atoms with E-state index in [9.17, 15) is 19.3 Å². The van der Waals surface area contributed by atoms with Gasteiger partial charge in [0.25, 0.3) is 11.6 Å². The maximum Gasteiger partial charge on any atom is 0.280 e. The van der Waals surface area contributed by atoms with Crippen molar-refractivity contribution in [3.05, 3.63) is 62.8 Å². The molecule has 136 valence electrons. The van der Waals surface area contributed by atoms with Crippen LogP contribution in [-0.4, -0.2) is 22.8 Å². The first-order valence-corrected chi connectivity index (χ1v) is 8.42. The Labute approximate surface area is 155 Å². The van der Waals surface area contributed by atoms with E-state index in [1.165, 1.54) is 42.5 Å². The van der Waals surface area contributed by atoms with Crippen molar-refractivity contribution in [1.82, 2.24) is 0 Å². The number of amidine groups is 1. The van der Waals surface area contributed by atoms with Gasteiger partial charge in [-0.2, -0.15) is 0 Å². The molecular formula is C17H10FN3O5S. The number of thioether (sulfide) groups is 1. The minimum Gasteiger partial charge on any atom is -0.454 e. The fourth-order valence-electron chi connectivity index (χ4n) is 2.67. The number of amides is 1. The van der Waals surface area contributed by atoms with Crippen LogP contribution >= 0.6 is 11.8 Å². The van der Waals surface area contributed by atoms with Gasteiger partial charge in [0.05, 0.1) is 27.1 Å². The molecule has 2 aromatic carbocycles.